The van der Waals surface area contributed by atoms with Crippen LogP contribution in [0.3, 0.4) is 0 Å². The van der Waals surface area contributed by atoms with Gasteiger partial charge in [-0.2, -0.15) is 0 Å². The van der Waals surface area contributed by atoms with E-state index in [0.29, 0.717) is 16.4 Å². The van der Waals surface area contributed by atoms with E-state index < -0.39 is 24.4 Å². The molecule has 0 saturated carbocycles. The lowest BCUT2D eigenvalue weighted by Crippen LogP contribution is -2.22. The molecule has 0 unspecified atom stereocenters. The van der Waals surface area contributed by atoms with E-state index >= 15 is 0 Å². The number of nitrogens with one attached hydrogen (secondary N) is 2. The summed E-state index contributed by atoms with van der Waals surface area (Å²) < 4.78 is 4.91. The highest BCUT2D eigenvalue weighted by Gasteiger charge is 2.13. The van der Waals surface area contributed by atoms with Gasteiger partial charge in [-0.1, -0.05) is 41.4 Å². The van der Waals surface area contributed by atoms with Crippen LogP contribution < -0.4 is 10.6 Å². The zero-order valence-corrected chi connectivity index (χ0v) is 17.0. The van der Waals surface area contributed by atoms with Crippen LogP contribution in [0.15, 0.2) is 36.4 Å². The third-order valence-corrected chi connectivity index (χ3v) is 4.63. The summed E-state index contributed by atoms with van der Waals surface area (Å²) in [4.78, 5) is 35.6. The first-order valence-electron chi connectivity index (χ1n) is 8.53. The summed E-state index contributed by atoms with van der Waals surface area (Å²) >= 11 is 11.9. The first-order chi connectivity index (χ1) is 13.3. The summed E-state index contributed by atoms with van der Waals surface area (Å²) in [6, 6.07) is 10.5. The zero-order chi connectivity index (χ0) is 20.7. The Labute approximate surface area is 173 Å². The number of esters is 1. The fraction of sp³-hybridized carbons (Fsp3) is 0.250. The van der Waals surface area contributed by atoms with Crippen molar-refractivity contribution in [2.45, 2.75) is 26.7 Å². The topological polar surface area (TPSA) is 84.5 Å². The Morgan fingerprint density at radius 1 is 0.929 bits per heavy atom. The molecule has 0 atom stereocenters. The Morgan fingerprint density at radius 3 is 2.39 bits per heavy atom. The second-order valence-electron chi connectivity index (χ2n) is 6.18. The SMILES string of the molecule is Cc1ccc(C)c(NC(=O)COC(=O)CCC(=O)Nc2cccc(Cl)c2Cl)c1. The molecule has 8 heteroatoms. The Balaban J connectivity index is 1.74. The standard InChI is InChI=1S/C20H20Cl2N2O4/c1-12-6-7-13(2)16(10-12)24-18(26)11-28-19(27)9-8-17(25)23-15-5-3-4-14(21)20(15)22/h3-7,10H,8-9,11H2,1-2H3,(H,23,25)(H,24,26). The average molecular weight is 423 g/mol. The Bertz CT molecular complexity index is 878. The maximum atomic E-state index is 11.9. The molecule has 148 valence electrons. The van der Waals surface area contributed by atoms with Crippen molar-refractivity contribution in [2.75, 3.05) is 17.2 Å². The minimum Gasteiger partial charge on any atom is -0.456 e. The number of benzene rings is 2. The zero-order valence-electron chi connectivity index (χ0n) is 15.5. The van der Waals surface area contributed by atoms with Crippen molar-refractivity contribution in [2.24, 2.45) is 0 Å². The first-order valence-corrected chi connectivity index (χ1v) is 9.28. The van der Waals surface area contributed by atoms with Gasteiger partial charge in [-0.25, -0.2) is 0 Å². The van der Waals surface area contributed by atoms with Crippen LogP contribution in [0.5, 0.6) is 0 Å². The normalized spacial score (nSPS) is 10.3. The molecule has 0 aliphatic carbocycles. The summed E-state index contributed by atoms with van der Waals surface area (Å²) in [7, 11) is 0. The lowest BCUT2D eigenvalue weighted by molar-refractivity contribution is -0.147. The molecule has 0 aliphatic rings. The number of carbonyl (C=O) groups excluding carboxylic acids is 3. The van der Waals surface area contributed by atoms with Gasteiger partial charge in [0.05, 0.1) is 22.2 Å². The van der Waals surface area contributed by atoms with Gasteiger partial charge in [0.1, 0.15) is 0 Å². The quantitative estimate of drug-likeness (QED) is 0.642. The third-order valence-electron chi connectivity index (χ3n) is 3.81. The van der Waals surface area contributed by atoms with Gasteiger partial charge in [0.15, 0.2) is 6.61 Å². The molecule has 2 rings (SSSR count). The van der Waals surface area contributed by atoms with E-state index in [2.05, 4.69) is 10.6 Å². The number of amides is 2. The number of anilines is 2. The largest absolute Gasteiger partial charge is 0.456 e. The van der Waals surface area contributed by atoms with Crippen molar-refractivity contribution in [3.63, 3.8) is 0 Å². The number of carbonyl (C=O) groups is 3. The third kappa shape index (κ3) is 6.55. The molecule has 6 nitrogen and oxygen atoms in total. The molecule has 0 heterocycles. The van der Waals surface area contributed by atoms with Crippen LogP contribution in [0.2, 0.25) is 10.0 Å². The fourth-order valence-corrected chi connectivity index (χ4v) is 2.65. The number of aryl methyl sites for hydroxylation is 2. The highest BCUT2D eigenvalue weighted by atomic mass is 35.5. The molecule has 2 aromatic rings. The van der Waals surface area contributed by atoms with Gasteiger partial charge in [0, 0.05) is 12.1 Å². The Kier molecular flexibility index (Phi) is 7.84. The van der Waals surface area contributed by atoms with E-state index in [0.717, 1.165) is 11.1 Å². The van der Waals surface area contributed by atoms with Crippen molar-refractivity contribution in [3.05, 3.63) is 57.6 Å². The van der Waals surface area contributed by atoms with Crippen LogP contribution in [0, 0.1) is 13.8 Å². The minimum atomic E-state index is -0.650. The molecule has 0 spiro atoms. The van der Waals surface area contributed by atoms with Crippen LogP contribution in [0.1, 0.15) is 24.0 Å². The number of halogens is 2. The van der Waals surface area contributed by atoms with E-state index in [-0.39, 0.29) is 17.9 Å². The molecule has 0 bridgehead atoms. The summed E-state index contributed by atoms with van der Waals surface area (Å²) in [6.07, 6.45) is -0.277. The second-order valence-corrected chi connectivity index (χ2v) is 6.96. The number of hydrogen-bond donors (Lipinski definition) is 2. The van der Waals surface area contributed by atoms with Crippen molar-refractivity contribution >= 4 is 52.4 Å². The predicted octanol–water partition coefficient (Wildman–Crippen LogP) is 4.51. The number of ether oxygens (including phenoxy) is 1. The fourth-order valence-electron chi connectivity index (χ4n) is 2.30. The van der Waals surface area contributed by atoms with Gasteiger partial charge in [-0.3, -0.25) is 14.4 Å². The lowest BCUT2D eigenvalue weighted by Gasteiger charge is -2.10. The van der Waals surface area contributed by atoms with Gasteiger partial charge in [-0.05, 0) is 43.2 Å². The van der Waals surface area contributed by atoms with Crippen LogP contribution >= 0.6 is 23.2 Å². The van der Waals surface area contributed by atoms with Crippen LogP contribution in [0.25, 0.3) is 0 Å². The van der Waals surface area contributed by atoms with Crippen LogP contribution in [0.4, 0.5) is 11.4 Å². The van der Waals surface area contributed by atoms with Gasteiger partial charge in [0.25, 0.3) is 5.91 Å². The summed E-state index contributed by atoms with van der Waals surface area (Å²) in [5, 5.41) is 5.80. The highest BCUT2D eigenvalue weighted by molar-refractivity contribution is 6.44. The van der Waals surface area contributed by atoms with Crippen molar-refractivity contribution in [1.82, 2.24) is 0 Å². The molecule has 0 radical (unpaired) electrons. The van der Waals surface area contributed by atoms with E-state index in [9.17, 15) is 14.4 Å². The molecule has 2 aromatic carbocycles. The van der Waals surface area contributed by atoms with Gasteiger partial charge >= 0.3 is 5.97 Å². The summed E-state index contributed by atoms with van der Waals surface area (Å²) in [5.74, 6) is -1.51. The maximum Gasteiger partial charge on any atom is 0.306 e. The average Bonchev–Trinajstić information content (AvgIpc) is 2.65. The predicted molar refractivity (Wildman–Crippen MR) is 110 cm³/mol. The van der Waals surface area contributed by atoms with Crippen LogP contribution in [-0.2, 0) is 19.1 Å². The van der Waals surface area contributed by atoms with E-state index in [4.69, 9.17) is 27.9 Å². The Morgan fingerprint density at radius 2 is 1.64 bits per heavy atom. The number of rotatable bonds is 7. The second kappa shape index (κ2) is 10.1. The molecule has 0 saturated heterocycles. The number of hydrogen-bond acceptors (Lipinski definition) is 4. The van der Waals surface area contributed by atoms with E-state index in [1.807, 2.05) is 32.0 Å². The molecular weight excluding hydrogens is 403 g/mol. The van der Waals surface area contributed by atoms with E-state index in [1.54, 1.807) is 18.2 Å². The maximum absolute atomic E-state index is 11.9. The van der Waals surface area contributed by atoms with Crippen LogP contribution in [-0.4, -0.2) is 24.4 Å². The van der Waals surface area contributed by atoms with Gasteiger partial charge in [0.2, 0.25) is 5.91 Å². The van der Waals surface area contributed by atoms with Gasteiger partial charge in [-0.15, -0.1) is 0 Å². The molecule has 2 N–H and O–H groups in total. The monoisotopic (exact) mass is 422 g/mol. The summed E-state index contributed by atoms with van der Waals surface area (Å²) in [6.45, 7) is 3.36. The molecule has 0 aliphatic heterocycles. The molecule has 2 amide bonds. The van der Waals surface area contributed by atoms with Crippen molar-refractivity contribution in [1.29, 1.82) is 0 Å². The lowest BCUT2D eigenvalue weighted by atomic mass is 10.1. The first kappa shape index (κ1) is 21.7. The molecule has 0 fully saturated rings. The van der Waals surface area contributed by atoms with Crippen molar-refractivity contribution in [3.8, 4) is 0 Å². The van der Waals surface area contributed by atoms with Crippen molar-refractivity contribution < 1.29 is 19.1 Å². The molecule has 0 aromatic heterocycles. The highest BCUT2D eigenvalue weighted by Crippen LogP contribution is 2.29. The Hall–Kier alpha value is -2.57. The summed E-state index contributed by atoms with van der Waals surface area (Å²) in [5.41, 5.74) is 2.93. The van der Waals surface area contributed by atoms with E-state index in [1.165, 1.54) is 0 Å². The minimum absolute atomic E-state index is 0.111. The molecule has 28 heavy (non-hydrogen) atoms. The van der Waals surface area contributed by atoms with Gasteiger partial charge < -0.3 is 15.4 Å². The molecular formula is C20H20Cl2N2O4. The smallest absolute Gasteiger partial charge is 0.306 e.